The molecular formula is C15H26ClNO. The summed E-state index contributed by atoms with van der Waals surface area (Å²) in [6, 6.07) is 0. The van der Waals surface area contributed by atoms with Gasteiger partial charge in [0.2, 0.25) is 5.91 Å². The number of alkyl halides is 1. The summed E-state index contributed by atoms with van der Waals surface area (Å²) in [6.45, 7) is 4.43. The van der Waals surface area contributed by atoms with Crippen molar-refractivity contribution in [3.05, 3.63) is 0 Å². The Balaban J connectivity index is 2.04. The first kappa shape index (κ1) is 14.2. The number of rotatable bonds is 5. The van der Waals surface area contributed by atoms with Crippen molar-refractivity contribution < 1.29 is 4.79 Å². The first-order chi connectivity index (χ1) is 8.52. The molecule has 2 aliphatic rings. The fourth-order valence-electron chi connectivity index (χ4n) is 3.63. The Bertz CT molecular complexity index is 298. The second-order valence-corrected chi connectivity index (χ2v) is 7.07. The fraction of sp³-hybridized carbons (Fsp3) is 0.933. The molecule has 2 rings (SSSR count). The van der Waals surface area contributed by atoms with Gasteiger partial charge in [-0.05, 0) is 44.4 Å². The molecule has 104 valence electrons. The Hall–Kier alpha value is -0.240. The number of amides is 1. The van der Waals surface area contributed by atoms with E-state index in [9.17, 15) is 4.79 Å². The summed E-state index contributed by atoms with van der Waals surface area (Å²) in [5, 5.41) is 3.30. The van der Waals surface area contributed by atoms with E-state index in [1.807, 2.05) is 0 Å². The molecule has 2 aliphatic carbocycles. The zero-order valence-electron chi connectivity index (χ0n) is 11.7. The average molecular weight is 272 g/mol. The van der Waals surface area contributed by atoms with Crippen molar-refractivity contribution >= 4 is 17.5 Å². The Morgan fingerprint density at radius 3 is 2.17 bits per heavy atom. The van der Waals surface area contributed by atoms with Crippen LogP contribution < -0.4 is 5.32 Å². The lowest BCUT2D eigenvalue weighted by Crippen LogP contribution is -2.58. The number of halogens is 1. The maximum Gasteiger partial charge on any atom is 0.226 e. The minimum atomic E-state index is -0.0944. The maximum absolute atomic E-state index is 12.7. The molecule has 0 aromatic rings. The van der Waals surface area contributed by atoms with Crippen LogP contribution in [-0.4, -0.2) is 17.3 Å². The molecule has 0 unspecified atom stereocenters. The van der Waals surface area contributed by atoms with E-state index < -0.39 is 0 Å². The Kier molecular flexibility index (Phi) is 4.25. The molecule has 0 atom stereocenters. The van der Waals surface area contributed by atoms with E-state index in [2.05, 4.69) is 19.2 Å². The van der Waals surface area contributed by atoms with Gasteiger partial charge in [0.05, 0.1) is 5.54 Å². The summed E-state index contributed by atoms with van der Waals surface area (Å²) >= 11 is 6.05. The minimum absolute atomic E-state index is 0.0782. The van der Waals surface area contributed by atoms with Crippen molar-refractivity contribution in [3.63, 3.8) is 0 Å². The number of carbonyl (C=O) groups excluding carboxylic acids is 1. The van der Waals surface area contributed by atoms with Gasteiger partial charge in [0.15, 0.2) is 0 Å². The number of hydrogen-bond donors (Lipinski definition) is 1. The summed E-state index contributed by atoms with van der Waals surface area (Å²) in [5.41, 5.74) is -0.173. The van der Waals surface area contributed by atoms with E-state index in [0.29, 0.717) is 11.8 Å². The molecular weight excluding hydrogens is 246 g/mol. The van der Waals surface area contributed by atoms with E-state index in [1.165, 1.54) is 19.3 Å². The van der Waals surface area contributed by atoms with Crippen LogP contribution in [0.4, 0.5) is 0 Å². The average Bonchev–Trinajstić information content (AvgIpc) is 2.72. The number of carbonyl (C=O) groups is 1. The van der Waals surface area contributed by atoms with E-state index in [-0.39, 0.29) is 16.9 Å². The smallest absolute Gasteiger partial charge is 0.226 e. The second kappa shape index (κ2) is 5.40. The minimum Gasteiger partial charge on any atom is -0.349 e. The molecule has 0 saturated heterocycles. The molecule has 0 aromatic carbocycles. The molecule has 0 heterocycles. The molecule has 0 radical (unpaired) electrons. The van der Waals surface area contributed by atoms with Crippen molar-refractivity contribution in [1.82, 2.24) is 5.32 Å². The maximum atomic E-state index is 12.7. The van der Waals surface area contributed by atoms with Gasteiger partial charge < -0.3 is 5.32 Å². The number of hydrogen-bond acceptors (Lipinski definition) is 1. The van der Waals surface area contributed by atoms with Gasteiger partial charge in [-0.15, -0.1) is 11.6 Å². The van der Waals surface area contributed by atoms with Gasteiger partial charge in [-0.1, -0.05) is 26.7 Å². The molecule has 3 heteroatoms. The van der Waals surface area contributed by atoms with Crippen LogP contribution in [0.1, 0.15) is 65.2 Å². The van der Waals surface area contributed by atoms with Crippen LogP contribution in [0.3, 0.4) is 0 Å². The lowest BCUT2D eigenvalue weighted by molar-refractivity contribution is -0.134. The lowest BCUT2D eigenvalue weighted by Gasteiger charge is -2.44. The summed E-state index contributed by atoms with van der Waals surface area (Å²) in [4.78, 5) is 12.7. The highest BCUT2D eigenvalue weighted by Crippen LogP contribution is 2.44. The Morgan fingerprint density at radius 2 is 1.78 bits per heavy atom. The molecule has 18 heavy (non-hydrogen) atoms. The van der Waals surface area contributed by atoms with E-state index in [0.717, 1.165) is 32.1 Å². The topological polar surface area (TPSA) is 29.1 Å². The van der Waals surface area contributed by atoms with Gasteiger partial charge in [-0.3, -0.25) is 4.79 Å². The van der Waals surface area contributed by atoms with Gasteiger partial charge in [0, 0.05) is 11.3 Å². The van der Waals surface area contributed by atoms with Crippen LogP contribution in [-0.2, 0) is 4.79 Å². The third-order valence-electron chi connectivity index (χ3n) is 4.79. The van der Waals surface area contributed by atoms with E-state index >= 15 is 0 Å². The van der Waals surface area contributed by atoms with Crippen molar-refractivity contribution in [2.75, 3.05) is 5.88 Å². The first-order valence-corrected chi connectivity index (χ1v) is 7.94. The molecule has 2 nitrogen and oxygen atoms in total. The van der Waals surface area contributed by atoms with Gasteiger partial charge in [-0.25, -0.2) is 0 Å². The van der Waals surface area contributed by atoms with Gasteiger partial charge in [0.1, 0.15) is 0 Å². The van der Waals surface area contributed by atoms with Crippen molar-refractivity contribution in [1.29, 1.82) is 0 Å². The second-order valence-electron chi connectivity index (χ2n) is 6.81. The highest BCUT2D eigenvalue weighted by molar-refractivity contribution is 6.19. The fourth-order valence-corrected chi connectivity index (χ4v) is 3.96. The third-order valence-corrected chi connectivity index (χ3v) is 5.30. The highest BCUT2D eigenvalue weighted by Gasteiger charge is 2.46. The molecule has 0 spiro atoms. The molecule has 2 fully saturated rings. The summed E-state index contributed by atoms with van der Waals surface area (Å²) in [6.07, 6.45) is 8.87. The van der Waals surface area contributed by atoms with Crippen LogP contribution in [0.25, 0.3) is 0 Å². The Morgan fingerprint density at radius 1 is 1.17 bits per heavy atom. The summed E-state index contributed by atoms with van der Waals surface area (Å²) in [7, 11) is 0. The highest BCUT2D eigenvalue weighted by atomic mass is 35.5. The molecule has 1 amide bonds. The first-order valence-electron chi connectivity index (χ1n) is 7.41. The van der Waals surface area contributed by atoms with E-state index in [1.54, 1.807) is 0 Å². The predicted molar refractivity (Wildman–Crippen MR) is 75.8 cm³/mol. The van der Waals surface area contributed by atoms with Gasteiger partial charge in [-0.2, -0.15) is 0 Å². The zero-order chi connectivity index (χ0) is 13.2. The number of nitrogens with one attached hydrogen (secondary N) is 1. The van der Waals surface area contributed by atoms with E-state index in [4.69, 9.17) is 11.6 Å². The molecule has 0 aromatic heterocycles. The Labute approximate surface area is 116 Å². The molecule has 2 saturated carbocycles. The normalized spacial score (nSPS) is 24.9. The molecule has 0 bridgehead atoms. The predicted octanol–water partition coefficient (Wildman–Crippen LogP) is 3.87. The zero-order valence-corrected chi connectivity index (χ0v) is 12.5. The lowest BCUT2D eigenvalue weighted by atomic mass is 9.74. The van der Waals surface area contributed by atoms with Crippen LogP contribution in [0, 0.1) is 11.3 Å². The monoisotopic (exact) mass is 271 g/mol. The summed E-state index contributed by atoms with van der Waals surface area (Å²) < 4.78 is 0. The van der Waals surface area contributed by atoms with Gasteiger partial charge in [0.25, 0.3) is 0 Å². The molecule has 1 N–H and O–H groups in total. The van der Waals surface area contributed by atoms with Crippen molar-refractivity contribution in [2.24, 2.45) is 11.3 Å². The van der Waals surface area contributed by atoms with Crippen LogP contribution >= 0.6 is 11.6 Å². The van der Waals surface area contributed by atoms with Gasteiger partial charge >= 0.3 is 0 Å². The summed E-state index contributed by atoms with van der Waals surface area (Å²) in [5.74, 6) is 1.44. The van der Waals surface area contributed by atoms with Crippen LogP contribution in [0.2, 0.25) is 0 Å². The van der Waals surface area contributed by atoms with Crippen LogP contribution in [0.5, 0.6) is 0 Å². The standard InChI is InChI=1S/C15H26ClNO/c1-12(2)10-14(6-3-4-7-14)13(18)17-15(11-16)8-5-9-15/h12H,3-11H2,1-2H3,(H,17,18). The van der Waals surface area contributed by atoms with Crippen molar-refractivity contribution in [2.45, 2.75) is 70.8 Å². The largest absolute Gasteiger partial charge is 0.349 e. The quantitative estimate of drug-likeness (QED) is 0.756. The third kappa shape index (κ3) is 2.68. The van der Waals surface area contributed by atoms with Crippen molar-refractivity contribution in [3.8, 4) is 0 Å². The van der Waals surface area contributed by atoms with Crippen LogP contribution in [0.15, 0.2) is 0 Å². The molecule has 0 aliphatic heterocycles. The SMILES string of the molecule is CC(C)CC1(C(=O)NC2(CCl)CCC2)CCCC1.